The monoisotopic (exact) mass is 402 g/mol. The van der Waals surface area contributed by atoms with E-state index in [0.717, 1.165) is 58.3 Å². The van der Waals surface area contributed by atoms with Gasteiger partial charge in [0.25, 0.3) is 0 Å². The SMILES string of the molecule is COc1ccc(CCNc2c(C)c(C)nc3c(-c4ccccc4)cnn23)cc1OC. The van der Waals surface area contributed by atoms with E-state index in [-0.39, 0.29) is 0 Å². The summed E-state index contributed by atoms with van der Waals surface area (Å²) in [5.74, 6) is 2.45. The maximum Gasteiger partial charge on any atom is 0.165 e. The molecule has 154 valence electrons. The summed E-state index contributed by atoms with van der Waals surface area (Å²) < 4.78 is 12.6. The highest BCUT2D eigenvalue weighted by Gasteiger charge is 2.15. The molecule has 4 rings (SSSR count). The van der Waals surface area contributed by atoms with E-state index < -0.39 is 0 Å². The van der Waals surface area contributed by atoms with Gasteiger partial charge in [-0.1, -0.05) is 36.4 Å². The zero-order valence-electron chi connectivity index (χ0n) is 17.8. The van der Waals surface area contributed by atoms with Crippen molar-refractivity contribution in [3.05, 3.63) is 71.5 Å². The molecule has 2 heterocycles. The van der Waals surface area contributed by atoms with Gasteiger partial charge in [0.2, 0.25) is 0 Å². The highest BCUT2D eigenvalue weighted by atomic mass is 16.5. The molecule has 0 radical (unpaired) electrons. The predicted octanol–water partition coefficient (Wildman–Crippen LogP) is 4.68. The fourth-order valence-electron chi connectivity index (χ4n) is 3.58. The molecule has 0 saturated heterocycles. The van der Waals surface area contributed by atoms with Crippen molar-refractivity contribution < 1.29 is 9.47 Å². The predicted molar refractivity (Wildman–Crippen MR) is 120 cm³/mol. The van der Waals surface area contributed by atoms with Gasteiger partial charge in [-0.3, -0.25) is 0 Å². The van der Waals surface area contributed by atoms with Crippen LogP contribution in [0.3, 0.4) is 0 Å². The molecule has 6 heteroatoms. The summed E-state index contributed by atoms with van der Waals surface area (Å²) in [7, 11) is 3.30. The number of ether oxygens (including phenoxy) is 2. The minimum Gasteiger partial charge on any atom is -0.493 e. The normalized spacial score (nSPS) is 10.9. The molecule has 6 nitrogen and oxygen atoms in total. The second-order valence-electron chi connectivity index (χ2n) is 7.20. The minimum absolute atomic E-state index is 0.738. The van der Waals surface area contributed by atoms with Gasteiger partial charge in [-0.05, 0) is 43.5 Å². The first-order valence-corrected chi connectivity index (χ1v) is 9.97. The van der Waals surface area contributed by atoms with Crippen molar-refractivity contribution in [1.82, 2.24) is 14.6 Å². The number of nitrogens with zero attached hydrogens (tertiary/aromatic N) is 3. The van der Waals surface area contributed by atoms with Crippen molar-refractivity contribution in [1.29, 1.82) is 0 Å². The van der Waals surface area contributed by atoms with Crippen molar-refractivity contribution in [2.75, 3.05) is 26.1 Å². The third kappa shape index (κ3) is 3.68. The van der Waals surface area contributed by atoms with Crippen LogP contribution >= 0.6 is 0 Å². The van der Waals surface area contributed by atoms with E-state index in [2.05, 4.69) is 35.5 Å². The first-order valence-electron chi connectivity index (χ1n) is 9.97. The largest absolute Gasteiger partial charge is 0.493 e. The number of aromatic nitrogens is 3. The lowest BCUT2D eigenvalue weighted by Crippen LogP contribution is -2.12. The van der Waals surface area contributed by atoms with Crippen LogP contribution in [0.5, 0.6) is 11.5 Å². The first kappa shape index (κ1) is 19.8. The van der Waals surface area contributed by atoms with Crippen molar-refractivity contribution in [3.63, 3.8) is 0 Å². The molecule has 0 aliphatic heterocycles. The lowest BCUT2D eigenvalue weighted by Gasteiger charge is -2.14. The fraction of sp³-hybridized carbons (Fsp3) is 0.250. The molecule has 0 saturated carbocycles. The molecule has 0 amide bonds. The Bertz CT molecular complexity index is 1170. The molecular formula is C24H26N4O2. The number of hydrogen-bond donors (Lipinski definition) is 1. The number of rotatable bonds is 7. The van der Waals surface area contributed by atoms with Crippen LogP contribution in [0, 0.1) is 13.8 Å². The van der Waals surface area contributed by atoms with Crippen molar-refractivity contribution in [2.24, 2.45) is 0 Å². The van der Waals surface area contributed by atoms with E-state index in [1.807, 2.05) is 48.0 Å². The van der Waals surface area contributed by atoms with Crippen LogP contribution in [0.25, 0.3) is 16.8 Å². The Kier molecular flexibility index (Phi) is 5.57. The number of nitrogens with one attached hydrogen (secondary N) is 1. The lowest BCUT2D eigenvalue weighted by atomic mass is 10.1. The average Bonchev–Trinajstić information content (AvgIpc) is 3.20. The molecule has 0 aliphatic rings. The Hall–Kier alpha value is -3.54. The number of fused-ring (bicyclic) bond motifs is 1. The molecule has 0 spiro atoms. The van der Waals surface area contributed by atoms with E-state index >= 15 is 0 Å². The van der Waals surface area contributed by atoms with E-state index in [0.29, 0.717) is 0 Å². The van der Waals surface area contributed by atoms with Crippen LogP contribution in [-0.2, 0) is 6.42 Å². The Balaban J connectivity index is 1.60. The Morgan fingerprint density at radius 2 is 1.73 bits per heavy atom. The zero-order chi connectivity index (χ0) is 21.1. The molecule has 30 heavy (non-hydrogen) atoms. The second kappa shape index (κ2) is 8.45. The molecular weight excluding hydrogens is 376 g/mol. The first-order chi connectivity index (χ1) is 14.6. The van der Waals surface area contributed by atoms with Crippen LogP contribution in [-0.4, -0.2) is 35.4 Å². The maximum atomic E-state index is 5.41. The van der Waals surface area contributed by atoms with Gasteiger partial charge in [0.15, 0.2) is 17.1 Å². The quantitative estimate of drug-likeness (QED) is 0.486. The number of benzene rings is 2. The van der Waals surface area contributed by atoms with Gasteiger partial charge in [-0.25, -0.2) is 4.98 Å². The Morgan fingerprint density at radius 3 is 2.47 bits per heavy atom. The molecule has 0 aliphatic carbocycles. The summed E-state index contributed by atoms with van der Waals surface area (Å²) in [6.07, 6.45) is 2.73. The number of anilines is 1. The summed E-state index contributed by atoms with van der Waals surface area (Å²) in [6.45, 7) is 4.87. The number of hydrogen-bond acceptors (Lipinski definition) is 5. The average molecular weight is 402 g/mol. The summed E-state index contributed by atoms with van der Waals surface area (Å²) in [6, 6.07) is 16.3. The third-order valence-electron chi connectivity index (χ3n) is 5.37. The van der Waals surface area contributed by atoms with Crippen molar-refractivity contribution >= 4 is 11.5 Å². The maximum absolute atomic E-state index is 5.41. The van der Waals surface area contributed by atoms with E-state index in [1.54, 1.807) is 14.2 Å². The number of methoxy groups -OCH3 is 2. The third-order valence-corrected chi connectivity index (χ3v) is 5.37. The fourth-order valence-corrected chi connectivity index (χ4v) is 3.58. The van der Waals surface area contributed by atoms with Gasteiger partial charge in [-0.2, -0.15) is 9.61 Å². The van der Waals surface area contributed by atoms with Crippen molar-refractivity contribution in [3.8, 4) is 22.6 Å². The molecule has 0 fully saturated rings. The molecule has 0 bridgehead atoms. The van der Waals surface area contributed by atoms with Gasteiger partial charge < -0.3 is 14.8 Å². The van der Waals surface area contributed by atoms with Crippen LogP contribution in [0.1, 0.15) is 16.8 Å². The standard InChI is InChI=1S/C24H26N4O2/c1-16-17(2)27-24-20(19-8-6-5-7-9-19)15-26-28(24)23(16)25-13-12-18-10-11-21(29-3)22(14-18)30-4/h5-11,14-15,25H,12-13H2,1-4H3. The lowest BCUT2D eigenvalue weighted by molar-refractivity contribution is 0.354. The molecule has 2 aromatic heterocycles. The van der Waals surface area contributed by atoms with Crippen LogP contribution in [0.15, 0.2) is 54.7 Å². The second-order valence-corrected chi connectivity index (χ2v) is 7.20. The molecule has 1 N–H and O–H groups in total. The Labute approximate surface area is 176 Å². The summed E-state index contributed by atoms with van der Waals surface area (Å²) in [5.41, 5.74) is 6.26. The number of aryl methyl sites for hydroxylation is 1. The van der Waals surface area contributed by atoms with Gasteiger partial charge in [0.05, 0.1) is 20.4 Å². The molecule has 4 aromatic rings. The summed E-state index contributed by atoms with van der Waals surface area (Å²) >= 11 is 0. The van der Waals surface area contributed by atoms with Gasteiger partial charge in [-0.15, -0.1) is 0 Å². The van der Waals surface area contributed by atoms with Crippen LogP contribution in [0.4, 0.5) is 5.82 Å². The zero-order valence-corrected chi connectivity index (χ0v) is 17.8. The van der Waals surface area contributed by atoms with Gasteiger partial charge in [0, 0.05) is 23.4 Å². The Morgan fingerprint density at radius 1 is 0.967 bits per heavy atom. The molecule has 0 atom stereocenters. The molecule has 0 unspecified atom stereocenters. The van der Waals surface area contributed by atoms with Gasteiger partial charge in [0.1, 0.15) is 5.82 Å². The van der Waals surface area contributed by atoms with Crippen LogP contribution in [0.2, 0.25) is 0 Å². The minimum atomic E-state index is 0.738. The van der Waals surface area contributed by atoms with Crippen molar-refractivity contribution in [2.45, 2.75) is 20.3 Å². The van der Waals surface area contributed by atoms with E-state index in [9.17, 15) is 0 Å². The molecule has 2 aromatic carbocycles. The van der Waals surface area contributed by atoms with Crippen LogP contribution < -0.4 is 14.8 Å². The summed E-state index contributed by atoms with van der Waals surface area (Å²) in [5, 5.41) is 8.19. The van der Waals surface area contributed by atoms with E-state index in [4.69, 9.17) is 14.5 Å². The highest BCUT2D eigenvalue weighted by molar-refractivity contribution is 5.78. The topological polar surface area (TPSA) is 60.7 Å². The summed E-state index contributed by atoms with van der Waals surface area (Å²) in [4.78, 5) is 4.81. The van der Waals surface area contributed by atoms with Gasteiger partial charge >= 0.3 is 0 Å². The smallest absolute Gasteiger partial charge is 0.165 e. The van der Waals surface area contributed by atoms with E-state index in [1.165, 1.54) is 5.56 Å². The highest BCUT2D eigenvalue weighted by Crippen LogP contribution is 2.29.